The number of thioether (sulfide) groups is 1. The van der Waals surface area contributed by atoms with Gasteiger partial charge in [0.1, 0.15) is 0 Å². The number of rotatable bonds is 3. The van der Waals surface area contributed by atoms with Crippen molar-refractivity contribution in [1.82, 2.24) is 0 Å². The molecule has 2 rings (SSSR count). The zero-order valence-corrected chi connectivity index (χ0v) is 11.8. The van der Waals surface area contributed by atoms with Crippen molar-refractivity contribution >= 4 is 28.8 Å². The fraction of sp³-hybridized carbons (Fsp3) is 0.200. The van der Waals surface area contributed by atoms with Gasteiger partial charge in [0.25, 0.3) is 0 Å². The van der Waals surface area contributed by atoms with Gasteiger partial charge in [0.05, 0.1) is 11.4 Å². The topological polar surface area (TPSA) is 29.3 Å². The van der Waals surface area contributed by atoms with Gasteiger partial charge in [0, 0.05) is 17.6 Å². The molecule has 2 aromatic carbocycles. The van der Waals surface area contributed by atoms with Crippen LogP contribution in [0.25, 0.3) is 0 Å². The van der Waals surface area contributed by atoms with E-state index in [1.165, 1.54) is 10.5 Å². The summed E-state index contributed by atoms with van der Waals surface area (Å²) < 4.78 is 0. The number of aryl methyl sites for hydroxylation is 1. The Morgan fingerprint density at radius 1 is 1.06 bits per heavy atom. The van der Waals surface area contributed by atoms with Crippen molar-refractivity contribution in [1.29, 1.82) is 0 Å². The van der Waals surface area contributed by atoms with Crippen LogP contribution in [0, 0.1) is 6.92 Å². The molecule has 0 fully saturated rings. The molecule has 0 aromatic heterocycles. The van der Waals surface area contributed by atoms with Crippen LogP contribution < -0.4 is 10.6 Å². The van der Waals surface area contributed by atoms with E-state index < -0.39 is 0 Å². The SMILES string of the molecule is CSc1ccc(N(C)c2c(C)cccc2N)cc1. The Morgan fingerprint density at radius 2 is 1.72 bits per heavy atom. The lowest BCUT2D eigenvalue weighted by Gasteiger charge is -2.23. The highest BCUT2D eigenvalue weighted by atomic mass is 32.2. The van der Waals surface area contributed by atoms with Gasteiger partial charge in [-0.3, -0.25) is 0 Å². The number of nitrogens with two attached hydrogens (primary N) is 1. The van der Waals surface area contributed by atoms with Gasteiger partial charge in [-0.25, -0.2) is 0 Å². The van der Waals surface area contributed by atoms with Crippen LogP contribution in [0.15, 0.2) is 47.4 Å². The van der Waals surface area contributed by atoms with E-state index in [0.717, 1.165) is 17.1 Å². The van der Waals surface area contributed by atoms with Crippen molar-refractivity contribution < 1.29 is 0 Å². The van der Waals surface area contributed by atoms with Crippen LogP contribution in [0.1, 0.15) is 5.56 Å². The monoisotopic (exact) mass is 258 g/mol. The van der Waals surface area contributed by atoms with E-state index in [1.807, 2.05) is 19.2 Å². The first kappa shape index (κ1) is 12.8. The number of nitrogen functional groups attached to an aromatic ring is 1. The van der Waals surface area contributed by atoms with E-state index in [2.05, 4.69) is 48.4 Å². The molecule has 0 aliphatic heterocycles. The van der Waals surface area contributed by atoms with Crippen molar-refractivity contribution in [2.45, 2.75) is 11.8 Å². The van der Waals surface area contributed by atoms with Gasteiger partial charge in [-0.2, -0.15) is 0 Å². The number of hydrogen-bond donors (Lipinski definition) is 1. The minimum Gasteiger partial charge on any atom is -0.397 e. The quantitative estimate of drug-likeness (QED) is 0.665. The maximum Gasteiger partial charge on any atom is 0.0671 e. The van der Waals surface area contributed by atoms with Crippen LogP contribution in [0.4, 0.5) is 17.1 Å². The van der Waals surface area contributed by atoms with Crippen LogP contribution in [0.5, 0.6) is 0 Å². The standard InChI is InChI=1S/C15H18N2S/c1-11-5-4-6-14(16)15(11)17(2)12-7-9-13(18-3)10-8-12/h4-10H,16H2,1-3H3. The Hall–Kier alpha value is -1.61. The highest BCUT2D eigenvalue weighted by Crippen LogP contribution is 2.32. The molecule has 0 saturated heterocycles. The van der Waals surface area contributed by atoms with Gasteiger partial charge in [-0.15, -0.1) is 11.8 Å². The fourth-order valence-corrected chi connectivity index (χ4v) is 2.48. The second-order valence-corrected chi connectivity index (χ2v) is 5.15. The third-order valence-electron chi connectivity index (χ3n) is 3.06. The molecule has 0 spiro atoms. The lowest BCUT2D eigenvalue weighted by atomic mass is 10.1. The van der Waals surface area contributed by atoms with Gasteiger partial charge in [-0.1, -0.05) is 12.1 Å². The molecule has 94 valence electrons. The van der Waals surface area contributed by atoms with Crippen LogP contribution in [0.2, 0.25) is 0 Å². The molecule has 0 aliphatic rings. The van der Waals surface area contributed by atoms with Gasteiger partial charge in [0.15, 0.2) is 0 Å². The van der Waals surface area contributed by atoms with E-state index in [4.69, 9.17) is 5.73 Å². The van der Waals surface area contributed by atoms with Crippen molar-refractivity contribution in [2.24, 2.45) is 0 Å². The summed E-state index contributed by atoms with van der Waals surface area (Å²) in [6.45, 7) is 2.08. The van der Waals surface area contributed by atoms with Crippen LogP contribution in [0.3, 0.4) is 0 Å². The molecule has 0 heterocycles. The van der Waals surface area contributed by atoms with Crippen molar-refractivity contribution in [2.75, 3.05) is 23.9 Å². The predicted octanol–water partition coefficient (Wildman–Crippen LogP) is 4.07. The zero-order valence-electron chi connectivity index (χ0n) is 11.0. The van der Waals surface area contributed by atoms with Crippen LogP contribution in [-0.2, 0) is 0 Å². The van der Waals surface area contributed by atoms with E-state index >= 15 is 0 Å². The Bertz CT molecular complexity index is 514. The van der Waals surface area contributed by atoms with Crippen molar-refractivity contribution in [3.05, 3.63) is 48.0 Å². The highest BCUT2D eigenvalue weighted by Gasteiger charge is 2.09. The van der Waals surface area contributed by atoms with E-state index in [-0.39, 0.29) is 0 Å². The molecule has 0 saturated carbocycles. The first-order valence-electron chi connectivity index (χ1n) is 5.86. The Balaban J connectivity index is 2.38. The van der Waals surface area contributed by atoms with Gasteiger partial charge in [-0.05, 0) is 49.1 Å². The number of anilines is 3. The lowest BCUT2D eigenvalue weighted by molar-refractivity contribution is 1.18. The smallest absolute Gasteiger partial charge is 0.0671 e. The van der Waals surface area contributed by atoms with Gasteiger partial charge < -0.3 is 10.6 Å². The lowest BCUT2D eigenvalue weighted by Crippen LogP contribution is -2.12. The summed E-state index contributed by atoms with van der Waals surface area (Å²) in [6.07, 6.45) is 2.08. The number of para-hydroxylation sites is 1. The number of benzene rings is 2. The average molecular weight is 258 g/mol. The Labute approximate surface area is 113 Å². The maximum atomic E-state index is 6.07. The Kier molecular flexibility index (Phi) is 3.82. The molecule has 0 bridgehead atoms. The summed E-state index contributed by atoms with van der Waals surface area (Å²) in [6, 6.07) is 14.5. The summed E-state index contributed by atoms with van der Waals surface area (Å²) in [5.74, 6) is 0. The van der Waals surface area contributed by atoms with Gasteiger partial charge in [0.2, 0.25) is 0 Å². The summed E-state index contributed by atoms with van der Waals surface area (Å²) >= 11 is 1.75. The second kappa shape index (κ2) is 5.36. The summed E-state index contributed by atoms with van der Waals surface area (Å²) in [5.41, 5.74) is 10.3. The highest BCUT2D eigenvalue weighted by molar-refractivity contribution is 7.98. The number of hydrogen-bond acceptors (Lipinski definition) is 3. The molecular formula is C15H18N2S. The van der Waals surface area contributed by atoms with Crippen LogP contribution in [-0.4, -0.2) is 13.3 Å². The number of nitrogens with zero attached hydrogens (tertiary/aromatic N) is 1. The molecular weight excluding hydrogens is 240 g/mol. The normalized spacial score (nSPS) is 10.4. The minimum atomic E-state index is 0.812. The van der Waals surface area contributed by atoms with Crippen LogP contribution >= 0.6 is 11.8 Å². The van der Waals surface area contributed by atoms with E-state index in [0.29, 0.717) is 0 Å². The molecule has 18 heavy (non-hydrogen) atoms. The second-order valence-electron chi connectivity index (χ2n) is 4.27. The van der Waals surface area contributed by atoms with Gasteiger partial charge >= 0.3 is 0 Å². The summed E-state index contributed by atoms with van der Waals surface area (Å²) in [5, 5.41) is 0. The third kappa shape index (κ3) is 2.46. The third-order valence-corrected chi connectivity index (χ3v) is 3.81. The average Bonchev–Trinajstić information content (AvgIpc) is 2.38. The van der Waals surface area contributed by atoms with E-state index in [1.54, 1.807) is 11.8 Å². The molecule has 2 nitrogen and oxygen atoms in total. The first-order chi connectivity index (χ1) is 8.63. The molecule has 0 amide bonds. The molecule has 3 heteroatoms. The maximum absolute atomic E-state index is 6.07. The summed E-state index contributed by atoms with van der Waals surface area (Å²) in [7, 11) is 2.05. The Morgan fingerprint density at radius 3 is 2.28 bits per heavy atom. The minimum absolute atomic E-state index is 0.812. The molecule has 2 aromatic rings. The largest absolute Gasteiger partial charge is 0.397 e. The molecule has 0 aliphatic carbocycles. The summed E-state index contributed by atoms with van der Waals surface area (Å²) in [4.78, 5) is 3.40. The van der Waals surface area contributed by atoms with Crippen molar-refractivity contribution in [3.8, 4) is 0 Å². The molecule has 0 atom stereocenters. The van der Waals surface area contributed by atoms with E-state index in [9.17, 15) is 0 Å². The first-order valence-corrected chi connectivity index (χ1v) is 7.09. The molecule has 0 radical (unpaired) electrons. The molecule has 0 unspecified atom stereocenters. The fourth-order valence-electron chi connectivity index (χ4n) is 2.07. The predicted molar refractivity (Wildman–Crippen MR) is 81.9 cm³/mol. The molecule has 2 N–H and O–H groups in total. The zero-order chi connectivity index (χ0) is 13.1. The van der Waals surface area contributed by atoms with Crippen molar-refractivity contribution in [3.63, 3.8) is 0 Å².